The number of ether oxygens (including phenoxy) is 2. The summed E-state index contributed by atoms with van der Waals surface area (Å²) in [7, 11) is 6.62. The summed E-state index contributed by atoms with van der Waals surface area (Å²) in [5, 5.41) is 1.66. The Morgan fingerprint density at radius 2 is 2.03 bits per heavy atom. The first-order valence-electron chi connectivity index (χ1n) is 9.47. The molecule has 1 aromatic heterocycles. The number of nitrogens with zero attached hydrogens (tertiary/aromatic N) is 2. The van der Waals surface area contributed by atoms with Crippen molar-refractivity contribution in [1.29, 1.82) is 0 Å². The van der Waals surface area contributed by atoms with Gasteiger partial charge in [-0.25, -0.2) is 4.98 Å². The van der Waals surface area contributed by atoms with Gasteiger partial charge in [-0.15, -0.1) is 0 Å². The number of hydrogen-bond acceptors (Lipinski definition) is 6. The SMILES string of the molecule is [B]C1(Nc2ccc(C(F)(F)F)cn2)B(C(=O)OC(C)(C)C)N2CC(C)O[C@@H](C)[C@H]21. The first-order chi connectivity index (χ1) is 13.2. The largest absolute Gasteiger partial charge is 0.467 e. The molecule has 0 aliphatic carbocycles. The molecular weight excluding hydrogens is 385 g/mol. The number of halogens is 3. The van der Waals surface area contributed by atoms with Gasteiger partial charge in [-0.2, -0.15) is 13.2 Å². The topological polar surface area (TPSA) is 63.7 Å². The summed E-state index contributed by atoms with van der Waals surface area (Å²) < 4.78 is 49.8. The van der Waals surface area contributed by atoms with Crippen molar-refractivity contribution in [2.75, 3.05) is 11.9 Å². The van der Waals surface area contributed by atoms with E-state index in [0.29, 0.717) is 6.54 Å². The molecule has 1 N–H and O–H groups in total. The first kappa shape index (κ1) is 22.0. The maximum atomic E-state index is 12.9. The number of carbonyl (C=O) groups excluding carboxylic acids is 1. The lowest BCUT2D eigenvalue weighted by molar-refractivity contribution is -0.137. The molecule has 2 saturated heterocycles. The smallest absolute Gasteiger partial charge is 0.417 e. The highest BCUT2D eigenvalue weighted by molar-refractivity contribution is 6.96. The number of carbonyl (C=O) groups is 1. The summed E-state index contributed by atoms with van der Waals surface area (Å²) in [6.07, 6.45) is -4.16. The minimum Gasteiger partial charge on any atom is -0.467 e. The summed E-state index contributed by atoms with van der Waals surface area (Å²) in [6, 6.07) is 1.74. The second-order valence-electron chi connectivity index (χ2n) is 8.72. The molecule has 6 nitrogen and oxygen atoms in total. The zero-order valence-electron chi connectivity index (χ0n) is 17.1. The summed E-state index contributed by atoms with van der Waals surface area (Å²) >= 11 is 0. The van der Waals surface area contributed by atoms with Gasteiger partial charge >= 0.3 is 13.0 Å². The summed E-state index contributed by atoms with van der Waals surface area (Å²) in [5.41, 5.74) is -1.57. The fourth-order valence-electron chi connectivity index (χ4n) is 4.13. The van der Waals surface area contributed by atoms with Crippen molar-refractivity contribution in [3.8, 4) is 0 Å². The van der Waals surface area contributed by atoms with Gasteiger partial charge in [-0.3, -0.25) is 4.79 Å². The molecule has 156 valence electrons. The molecule has 3 heterocycles. The van der Waals surface area contributed by atoms with E-state index in [2.05, 4.69) is 10.3 Å². The molecule has 2 fully saturated rings. The Labute approximate surface area is 170 Å². The fraction of sp³-hybridized carbons (Fsp3) is 0.667. The number of hydrogen-bond donors (Lipinski definition) is 1. The van der Waals surface area contributed by atoms with Gasteiger partial charge in [0, 0.05) is 24.1 Å². The molecule has 0 spiro atoms. The van der Waals surface area contributed by atoms with E-state index >= 15 is 0 Å². The van der Waals surface area contributed by atoms with Crippen molar-refractivity contribution < 1.29 is 27.4 Å². The second kappa shape index (κ2) is 7.19. The van der Waals surface area contributed by atoms with Gasteiger partial charge in [0.1, 0.15) is 11.4 Å². The van der Waals surface area contributed by atoms with Crippen LogP contribution in [0.15, 0.2) is 18.3 Å². The Morgan fingerprint density at radius 3 is 2.55 bits per heavy atom. The van der Waals surface area contributed by atoms with Gasteiger partial charge < -0.3 is 19.6 Å². The molecule has 3 rings (SSSR count). The number of fused-ring (bicyclic) bond motifs is 1. The third kappa shape index (κ3) is 4.26. The van der Waals surface area contributed by atoms with Crippen LogP contribution in [0.2, 0.25) is 0 Å². The molecular formula is C18H24B2F3N3O3. The third-order valence-corrected chi connectivity index (χ3v) is 5.06. The van der Waals surface area contributed by atoms with E-state index in [0.717, 1.165) is 12.3 Å². The van der Waals surface area contributed by atoms with Crippen LogP contribution in [-0.2, 0) is 15.7 Å². The molecule has 4 atom stereocenters. The maximum absolute atomic E-state index is 12.9. The Morgan fingerprint density at radius 1 is 1.38 bits per heavy atom. The van der Waals surface area contributed by atoms with Crippen LogP contribution in [0.4, 0.5) is 23.8 Å². The zero-order chi connectivity index (χ0) is 21.8. The van der Waals surface area contributed by atoms with Crippen LogP contribution >= 0.6 is 0 Å². The molecule has 0 aromatic carbocycles. The van der Waals surface area contributed by atoms with Gasteiger partial charge in [0.15, 0.2) is 0 Å². The second-order valence-corrected chi connectivity index (χ2v) is 8.72. The highest BCUT2D eigenvalue weighted by Gasteiger charge is 2.68. The maximum Gasteiger partial charge on any atom is 0.417 e. The summed E-state index contributed by atoms with van der Waals surface area (Å²) in [5.74, 6) is -0.364. The Kier molecular flexibility index (Phi) is 5.45. The predicted octanol–water partition coefficient (Wildman–Crippen LogP) is 2.92. The molecule has 11 heteroatoms. The van der Waals surface area contributed by atoms with Crippen molar-refractivity contribution in [3.05, 3.63) is 23.9 Å². The minimum absolute atomic E-state index is 0.0973. The first-order valence-corrected chi connectivity index (χ1v) is 9.47. The molecule has 0 bridgehead atoms. The summed E-state index contributed by atoms with van der Waals surface area (Å²) in [6.45, 7) is 8.69. The highest BCUT2D eigenvalue weighted by Crippen LogP contribution is 2.41. The molecule has 0 amide bonds. The average Bonchev–Trinajstić information content (AvgIpc) is 2.51. The van der Waals surface area contributed by atoms with Gasteiger partial charge in [-0.05, 0) is 46.8 Å². The van der Waals surface area contributed by atoms with Crippen molar-refractivity contribution in [1.82, 2.24) is 9.79 Å². The number of pyridine rings is 1. The van der Waals surface area contributed by atoms with Crippen LogP contribution in [-0.4, -0.2) is 66.1 Å². The van der Waals surface area contributed by atoms with Crippen molar-refractivity contribution in [2.24, 2.45) is 0 Å². The number of rotatable bonds is 3. The van der Waals surface area contributed by atoms with E-state index in [1.54, 1.807) is 20.8 Å². The van der Waals surface area contributed by atoms with Crippen LogP contribution in [0, 0.1) is 0 Å². The number of aromatic nitrogens is 1. The lowest BCUT2D eigenvalue weighted by Crippen LogP contribution is -2.89. The molecule has 2 aliphatic heterocycles. The zero-order valence-corrected chi connectivity index (χ0v) is 17.1. The Balaban J connectivity index is 1.88. The number of nitrogens with one attached hydrogen (secondary N) is 1. The van der Waals surface area contributed by atoms with Gasteiger partial charge in [0.05, 0.1) is 25.6 Å². The van der Waals surface area contributed by atoms with E-state index in [1.165, 1.54) is 6.07 Å². The number of anilines is 1. The van der Waals surface area contributed by atoms with Crippen LogP contribution in [0.1, 0.15) is 40.2 Å². The predicted molar refractivity (Wildman–Crippen MR) is 104 cm³/mol. The molecule has 1 aromatic rings. The van der Waals surface area contributed by atoms with E-state index in [9.17, 15) is 18.0 Å². The van der Waals surface area contributed by atoms with Crippen LogP contribution < -0.4 is 5.32 Å². The van der Waals surface area contributed by atoms with E-state index in [4.69, 9.17) is 17.3 Å². The number of morpholine rings is 1. The van der Waals surface area contributed by atoms with Crippen molar-refractivity contribution in [3.63, 3.8) is 0 Å². The Hall–Kier alpha value is -1.74. The lowest BCUT2D eigenvalue weighted by Gasteiger charge is -2.64. The van der Waals surface area contributed by atoms with E-state index < -0.39 is 35.4 Å². The Bertz CT molecular complexity index is 772. The van der Waals surface area contributed by atoms with Crippen LogP contribution in [0.25, 0.3) is 0 Å². The molecule has 2 aliphatic rings. The quantitative estimate of drug-likeness (QED) is 0.776. The average molecular weight is 409 g/mol. The molecule has 2 radical (unpaired) electrons. The standard InChI is InChI=1S/C18H24B2F3N3O3/c1-10-9-26-14(11(2)28-10)17(19,20(26)15(27)29-16(3,4)5)25-13-7-6-12(8-24-13)18(21,22)23/h6-8,10-11,14H,9H2,1-5H3,(H,24,25)/t10?,11-,14-,17?/m0/s1. The van der Waals surface area contributed by atoms with Crippen molar-refractivity contribution in [2.45, 2.75) is 70.0 Å². The van der Waals surface area contributed by atoms with Crippen molar-refractivity contribution >= 4 is 26.4 Å². The lowest BCUT2D eigenvalue weighted by atomic mass is 9.26. The van der Waals surface area contributed by atoms with E-state index in [1.807, 2.05) is 18.7 Å². The van der Waals surface area contributed by atoms with Crippen LogP contribution in [0.3, 0.4) is 0 Å². The third-order valence-electron chi connectivity index (χ3n) is 5.06. The monoisotopic (exact) mass is 409 g/mol. The number of alkyl halides is 3. The highest BCUT2D eigenvalue weighted by atomic mass is 19.4. The molecule has 29 heavy (non-hydrogen) atoms. The molecule has 2 unspecified atom stereocenters. The van der Waals surface area contributed by atoms with Gasteiger partial charge in [-0.1, -0.05) is 0 Å². The molecule has 0 saturated carbocycles. The van der Waals surface area contributed by atoms with E-state index in [-0.39, 0.29) is 24.1 Å². The minimum atomic E-state index is -4.49. The summed E-state index contributed by atoms with van der Waals surface area (Å²) in [4.78, 5) is 18.7. The normalized spacial score (nSPS) is 30.3. The van der Waals surface area contributed by atoms with Crippen LogP contribution in [0.5, 0.6) is 0 Å². The fourth-order valence-corrected chi connectivity index (χ4v) is 4.13. The van der Waals surface area contributed by atoms with Gasteiger partial charge in [0.25, 0.3) is 5.87 Å². The van der Waals surface area contributed by atoms with Gasteiger partial charge in [0.2, 0.25) is 0 Å².